The van der Waals surface area contributed by atoms with E-state index in [1.165, 1.54) is 31.2 Å². The summed E-state index contributed by atoms with van der Waals surface area (Å²) in [5.41, 5.74) is 1.35. The van der Waals surface area contributed by atoms with Crippen molar-refractivity contribution in [3.8, 4) is 0 Å². The summed E-state index contributed by atoms with van der Waals surface area (Å²) in [5.74, 6) is 0. The van der Waals surface area contributed by atoms with Gasteiger partial charge in [0.2, 0.25) is 0 Å². The quantitative estimate of drug-likeness (QED) is 0.564. The van der Waals surface area contributed by atoms with Crippen molar-refractivity contribution in [1.82, 2.24) is 4.98 Å². The Balaban J connectivity index is 2.46. The second-order valence-corrected chi connectivity index (χ2v) is 4.93. The van der Waals surface area contributed by atoms with Gasteiger partial charge in [-0.2, -0.15) is 0 Å². The van der Waals surface area contributed by atoms with Gasteiger partial charge >= 0.3 is 0 Å². The molecule has 1 aromatic rings. The Morgan fingerprint density at radius 3 is 2.71 bits per heavy atom. The summed E-state index contributed by atoms with van der Waals surface area (Å²) >= 11 is 6.95. The normalized spacial score (nSPS) is 10.5. The molecule has 0 saturated heterocycles. The number of halogens is 2. The molecule has 3 heteroatoms. The van der Waals surface area contributed by atoms with Crippen LogP contribution in [0.5, 0.6) is 0 Å². The molecule has 0 N–H and O–H groups in total. The van der Waals surface area contributed by atoms with Crippen molar-refractivity contribution in [3.05, 3.63) is 26.9 Å². The highest BCUT2D eigenvalue weighted by molar-refractivity contribution is 9.13. The smallest absolute Gasteiger partial charge is 0.120 e. The van der Waals surface area contributed by atoms with Gasteiger partial charge in [0.25, 0.3) is 0 Å². The van der Waals surface area contributed by atoms with E-state index in [0.717, 1.165) is 15.5 Å². The summed E-state index contributed by atoms with van der Waals surface area (Å²) < 4.78 is 2.02. The summed E-state index contributed by atoms with van der Waals surface area (Å²) in [6, 6.07) is 2.08. The topological polar surface area (TPSA) is 12.9 Å². The third kappa shape index (κ3) is 3.70. The largest absolute Gasteiger partial charge is 0.248 e. The van der Waals surface area contributed by atoms with Crippen molar-refractivity contribution in [3.63, 3.8) is 0 Å². The van der Waals surface area contributed by atoms with Crippen molar-refractivity contribution in [2.24, 2.45) is 0 Å². The van der Waals surface area contributed by atoms with Crippen molar-refractivity contribution in [1.29, 1.82) is 0 Å². The molecule has 0 unspecified atom stereocenters. The molecule has 0 atom stereocenters. The number of unbranched alkanes of at least 4 members (excludes halogenated alkanes) is 3. The second-order valence-electron chi connectivity index (χ2n) is 3.39. The Kier molecular flexibility index (Phi) is 5.71. The van der Waals surface area contributed by atoms with Crippen LogP contribution in [0.25, 0.3) is 0 Å². The molecule has 0 aliphatic heterocycles. The third-order valence-electron chi connectivity index (χ3n) is 2.23. The van der Waals surface area contributed by atoms with Crippen LogP contribution in [0.4, 0.5) is 0 Å². The van der Waals surface area contributed by atoms with E-state index in [1.807, 2.05) is 6.20 Å². The predicted molar refractivity (Wildman–Crippen MR) is 67.5 cm³/mol. The van der Waals surface area contributed by atoms with E-state index >= 15 is 0 Å². The van der Waals surface area contributed by atoms with Crippen LogP contribution in [-0.2, 0) is 6.42 Å². The van der Waals surface area contributed by atoms with E-state index in [0.29, 0.717) is 0 Å². The van der Waals surface area contributed by atoms with Gasteiger partial charge in [0.1, 0.15) is 4.60 Å². The van der Waals surface area contributed by atoms with E-state index < -0.39 is 0 Å². The van der Waals surface area contributed by atoms with E-state index in [4.69, 9.17) is 0 Å². The van der Waals surface area contributed by atoms with Crippen LogP contribution in [-0.4, -0.2) is 4.98 Å². The van der Waals surface area contributed by atoms with Gasteiger partial charge in [0, 0.05) is 6.20 Å². The van der Waals surface area contributed by atoms with Gasteiger partial charge in [0.15, 0.2) is 0 Å². The van der Waals surface area contributed by atoms with Crippen LogP contribution in [0.15, 0.2) is 21.3 Å². The highest BCUT2D eigenvalue weighted by Gasteiger charge is 2.03. The number of aryl methyl sites for hydroxylation is 1. The molecule has 1 nitrogen and oxygen atoms in total. The van der Waals surface area contributed by atoms with Crippen molar-refractivity contribution >= 4 is 31.9 Å². The predicted octanol–water partition coefficient (Wildman–Crippen LogP) is 4.73. The zero-order valence-electron chi connectivity index (χ0n) is 8.39. The summed E-state index contributed by atoms with van der Waals surface area (Å²) in [6.45, 7) is 2.24. The molecule has 0 bridgehead atoms. The van der Waals surface area contributed by atoms with Gasteiger partial charge in [-0.05, 0) is 56.3 Å². The number of nitrogens with zero attached hydrogens (tertiary/aromatic N) is 1. The fraction of sp³-hybridized carbons (Fsp3) is 0.545. The Bertz CT molecular complexity index is 287. The molecule has 1 heterocycles. The molecular weight excluding hydrogens is 306 g/mol. The minimum absolute atomic E-state index is 0.908. The summed E-state index contributed by atoms with van der Waals surface area (Å²) in [6.07, 6.45) is 8.21. The van der Waals surface area contributed by atoms with E-state index in [9.17, 15) is 0 Å². The highest BCUT2D eigenvalue weighted by Crippen LogP contribution is 2.25. The third-order valence-corrected chi connectivity index (χ3v) is 4.24. The molecule has 1 aromatic heterocycles. The summed E-state index contributed by atoms with van der Waals surface area (Å²) in [4.78, 5) is 4.15. The van der Waals surface area contributed by atoms with E-state index in [2.05, 4.69) is 49.8 Å². The monoisotopic (exact) mass is 319 g/mol. The molecule has 0 aliphatic rings. The first-order valence-electron chi connectivity index (χ1n) is 5.04. The molecular formula is C11H15Br2N. The number of pyridine rings is 1. The van der Waals surface area contributed by atoms with E-state index in [1.54, 1.807) is 0 Å². The molecule has 1 rings (SSSR count). The van der Waals surface area contributed by atoms with Crippen LogP contribution in [0.2, 0.25) is 0 Å². The van der Waals surface area contributed by atoms with Crippen LogP contribution < -0.4 is 0 Å². The summed E-state index contributed by atoms with van der Waals surface area (Å²) in [5, 5.41) is 0. The lowest BCUT2D eigenvalue weighted by molar-refractivity contribution is 0.665. The lowest BCUT2D eigenvalue weighted by Crippen LogP contribution is -1.90. The van der Waals surface area contributed by atoms with Gasteiger partial charge in [-0.3, -0.25) is 0 Å². The van der Waals surface area contributed by atoms with Gasteiger partial charge < -0.3 is 0 Å². The molecule has 0 saturated carbocycles. The molecule has 0 amide bonds. The van der Waals surface area contributed by atoms with Crippen molar-refractivity contribution in [2.75, 3.05) is 0 Å². The first kappa shape index (κ1) is 12.2. The van der Waals surface area contributed by atoms with Crippen LogP contribution in [0.1, 0.15) is 38.2 Å². The Labute approximate surface area is 103 Å². The average Bonchev–Trinajstić information content (AvgIpc) is 2.19. The fourth-order valence-corrected chi connectivity index (χ4v) is 2.20. The fourth-order valence-electron chi connectivity index (χ4n) is 1.39. The lowest BCUT2D eigenvalue weighted by atomic mass is 10.1. The minimum Gasteiger partial charge on any atom is -0.248 e. The van der Waals surface area contributed by atoms with Gasteiger partial charge in [0.05, 0.1) is 4.47 Å². The maximum atomic E-state index is 4.15. The lowest BCUT2D eigenvalue weighted by Gasteiger charge is -2.04. The molecule has 0 spiro atoms. The molecule has 0 aromatic carbocycles. The van der Waals surface area contributed by atoms with Crippen LogP contribution in [0.3, 0.4) is 0 Å². The van der Waals surface area contributed by atoms with Gasteiger partial charge in [-0.1, -0.05) is 26.2 Å². The first-order chi connectivity index (χ1) is 6.75. The average molecular weight is 321 g/mol. The number of aromatic nitrogens is 1. The molecule has 0 radical (unpaired) electrons. The maximum absolute atomic E-state index is 4.15. The maximum Gasteiger partial charge on any atom is 0.120 e. The van der Waals surface area contributed by atoms with Gasteiger partial charge in [-0.15, -0.1) is 0 Å². The number of hydrogen-bond donors (Lipinski definition) is 0. The zero-order valence-corrected chi connectivity index (χ0v) is 11.6. The van der Waals surface area contributed by atoms with Gasteiger partial charge in [-0.25, -0.2) is 4.98 Å². The van der Waals surface area contributed by atoms with Crippen LogP contribution >= 0.6 is 31.9 Å². The molecule has 0 aliphatic carbocycles. The van der Waals surface area contributed by atoms with Crippen LogP contribution in [0, 0.1) is 0 Å². The Morgan fingerprint density at radius 2 is 2.00 bits per heavy atom. The first-order valence-corrected chi connectivity index (χ1v) is 6.63. The second kappa shape index (κ2) is 6.57. The van der Waals surface area contributed by atoms with E-state index in [-0.39, 0.29) is 0 Å². The number of hydrogen-bond acceptors (Lipinski definition) is 1. The summed E-state index contributed by atoms with van der Waals surface area (Å²) in [7, 11) is 0. The minimum atomic E-state index is 0.908. The van der Waals surface area contributed by atoms with Crippen molar-refractivity contribution < 1.29 is 0 Å². The Morgan fingerprint density at radius 1 is 1.21 bits per heavy atom. The molecule has 0 fully saturated rings. The molecule has 14 heavy (non-hydrogen) atoms. The number of rotatable bonds is 5. The standard InChI is InChI=1S/C11H15Br2N/c1-2-3-4-5-6-9-7-8-14-11(13)10(9)12/h7-8H,2-6H2,1H3. The SMILES string of the molecule is CCCCCCc1ccnc(Br)c1Br. The Hall–Kier alpha value is 0.110. The highest BCUT2D eigenvalue weighted by atomic mass is 79.9. The van der Waals surface area contributed by atoms with Crippen molar-refractivity contribution in [2.45, 2.75) is 39.0 Å². The zero-order chi connectivity index (χ0) is 10.4. The molecule has 78 valence electrons.